The van der Waals surface area contributed by atoms with Crippen molar-refractivity contribution in [3.8, 4) is 5.69 Å². The summed E-state index contributed by atoms with van der Waals surface area (Å²) in [5.41, 5.74) is 0.950. The number of benzene rings is 2. The molecule has 4 rings (SSSR count). The Morgan fingerprint density at radius 2 is 1.90 bits per heavy atom. The van der Waals surface area contributed by atoms with Crippen LogP contribution in [0.4, 0.5) is 10.1 Å². The molecule has 0 saturated carbocycles. The Balaban J connectivity index is 1.56. The van der Waals surface area contributed by atoms with Crippen molar-refractivity contribution < 1.29 is 14.0 Å². The van der Waals surface area contributed by atoms with Crippen molar-refractivity contribution in [2.45, 2.75) is 13.5 Å². The molecule has 2 aromatic heterocycles. The minimum absolute atomic E-state index is 0.0413. The van der Waals surface area contributed by atoms with Gasteiger partial charge in [0.1, 0.15) is 18.7 Å². The number of fused-ring (bicyclic) bond motifs is 1. The summed E-state index contributed by atoms with van der Waals surface area (Å²) in [4.78, 5) is 40.4. The van der Waals surface area contributed by atoms with Crippen molar-refractivity contribution in [1.82, 2.24) is 24.5 Å². The summed E-state index contributed by atoms with van der Waals surface area (Å²) in [7, 11) is 0. The number of anilines is 1. The smallest absolute Gasteiger partial charge is 0.284 e. The summed E-state index contributed by atoms with van der Waals surface area (Å²) >= 11 is 0. The van der Waals surface area contributed by atoms with Gasteiger partial charge in [-0.05, 0) is 49.4 Å². The van der Waals surface area contributed by atoms with Crippen molar-refractivity contribution in [1.29, 1.82) is 0 Å². The molecule has 1 N–H and O–H groups in total. The van der Waals surface area contributed by atoms with Crippen LogP contribution in [-0.2, 0) is 11.3 Å². The van der Waals surface area contributed by atoms with E-state index in [1.54, 1.807) is 30.3 Å². The maximum Gasteiger partial charge on any atom is 0.284 e. The maximum absolute atomic E-state index is 13.5. The number of Topliss-reactive ketones (excluding diaryl/α,β-unsaturated/α-hetero) is 1. The summed E-state index contributed by atoms with van der Waals surface area (Å²) < 4.78 is 15.8. The molecule has 2 heterocycles. The van der Waals surface area contributed by atoms with E-state index in [-0.39, 0.29) is 23.5 Å². The van der Waals surface area contributed by atoms with Crippen LogP contribution in [0.2, 0.25) is 0 Å². The van der Waals surface area contributed by atoms with E-state index in [2.05, 4.69) is 20.6 Å². The molecule has 1 amide bonds. The van der Waals surface area contributed by atoms with Crippen molar-refractivity contribution in [2.24, 2.45) is 0 Å². The largest absolute Gasteiger partial charge is 0.325 e. The van der Waals surface area contributed by atoms with Gasteiger partial charge < -0.3 is 5.32 Å². The zero-order valence-corrected chi connectivity index (χ0v) is 15.7. The van der Waals surface area contributed by atoms with Crippen molar-refractivity contribution in [2.75, 3.05) is 5.32 Å². The number of nitrogens with one attached hydrogen (secondary N) is 1. The summed E-state index contributed by atoms with van der Waals surface area (Å²) in [6.45, 7) is 1.16. The van der Waals surface area contributed by atoms with Gasteiger partial charge in [0.05, 0.1) is 5.69 Å². The second-order valence-electron chi connectivity index (χ2n) is 6.51. The highest BCUT2D eigenvalue weighted by Gasteiger charge is 2.15. The van der Waals surface area contributed by atoms with Gasteiger partial charge in [-0.3, -0.25) is 19.0 Å². The minimum Gasteiger partial charge on any atom is -0.325 e. The Morgan fingerprint density at radius 1 is 1.13 bits per heavy atom. The van der Waals surface area contributed by atoms with Crippen LogP contribution in [0.25, 0.3) is 16.9 Å². The zero-order chi connectivity index (χ0) is 21.3. The van der Waals surface area contributed by atoms with Crippen LogP contribution in [-0.4, -0.2) is 36.2 Å². The Hall–Kier alpha value is -4.21. The van der Waals surface area contributed by atoms with Gasteiger partial charge in [0, 0.05) is 11.3 Å². The van der Waals surface area contributed by atoms with E-state index in [0.717, 1.165) is 4.57 Å². The number of halogens is 1. The lowest BCUT2D eigenvalue weighted by Crippen LogP contribution is -2.28. The molecular weight excluding hydrogens is 391 g/mol. The first kappa shape index (κ1) is 19.1. The summed E-state index contributed by atoms with van der Waals surface area (Å²) in [6, 6.07) is 12.0. The van der Waals surface area contributed by atoms with Gasteiger partial charge in [-0.25, -0.2) is 9.37 Å². The number of ketones is 1. The predicted octanol–water partition coefficient (Wildman–Crippen LogP) is 1.96. The fourth-order valence-electron chi connectivity index (χ4n) is 2.88. The lowest BCUT2D eigenvalue weighted by Gasteiger charge is -2.08. The van der Waals surface area contributed by atoms with Crippen LogP contribution in [0.1, 0.15) is 17.3 Å². The first-order valence-corrected chi connectivity index (χ1v) is 8.90. The third-order valence-electron chi connectivity index (χ3n) is 4.37. The summed E-state index contributed by atoms with van der Waals surface area (Å²) in [5.74, 6) is -0.992. The number of aromatic nitrogens is 5. The molecule has 0 spiro atoms. The quantitative estimate of drug-likeness (QED) is 0.507. The highest BCUT2D eigenvalue weighted by atomic mass is 19.1. The van der Waals surface area contributed by atoms with Gasteiger partial charge >= 0.3 is 0 Å². The van der Waals surface area contributed by atoms with Gasteiger partial charge in [-0.2, -0.15) is 4.68 Å². The Bertz CT molecular complexity index is 1330. The van der Waals surface area contributed by atoms with Gasteiger partial charge in [0.2, 0.25) is 5.91 Å². The standard InChI is InChI=1S/C20H15FN6O3/c1-12(28)13-5-7-15(8-6-13)23-17(29)10-26-11-22-19-18(20(26)30)24-25-27(19)16-4-2-3-14(21)9-16/h2-9,11H,10H2,1H3,(H,23,29). The second-order valence-corrected chi connectivity index (χ2v) is 6.51. The topological polar surface area (TPSA) is 112 Å². The molecule has 0 atom stereocenters. The molecule has 4 aromatic rings. The van der Waals surface area contributed by atoms with Crippen LogP contribution in [0.15, 0.2) is 59.7 Å². The molecule has 0 saturated heterocycles. The number of amides is 1. The Kier molecular flexibility index (Phi) is 4.88. The first-order valence-electron chi connectivity index (χ1n) is 8.90. The fourth-order valence-corrected chi connectivity index (χ4v) is 2.88. The fraction of sp³-hybridized carbons (Fsp3) is 0.100. The summed E-state index contributed by atoms with van der Waals surface area (Å²) in [5, 5.41) is 10.4. The number of hydrogen-bond donors (Lipinski definition) is 1. The molecule has 0 aliphatic heterocycles. The predicted molar refractivity (Wildman–Crippen MR) is 106 cm³/mol. The van der Waals surface area contributed by atoms with E-state index in [1.165, 1.54) is 36.1 Å². The van der Waals surface area contributed by atoms with E-state index < -0.39 is 17.3 Å². The first-order chi connectivity index (χ1) is 14.4. The van der Waals surface area contributed by atoms with Crippen LogP contribution >= 0.6 is 0 Å². The average molecular weight is 406 g/mol. The highest BCUT2D eigenvalue weighted by molar-refractivity contribution is 5.95. The molecule has 150 valence electrons. The maximum atomic E-state index is 13.5. The monoisotopic (exact) mass is 406 g/mol. The van der Waals surface area contributed by atoms with E-state index >= 15 is 0 Å². The minimum atomic E-state index is -0.551. The third kappa shape index (κ3) is 3.70. The lowest BCUT2D eigenvalue weighted by atomic mass is 10.1. The molecule has 0 aliphatic rings. The average Bonchev–Trinajstić information content (AvgIpc) is 3.15. The van der Waals surface area contributed by atoms with Gasteiger partial charge in [0.25, 0.3) is 5.56 Å². The number of rotatable bonds is 5. The number of carbonyl (C=O) groups is 2. The van der Waals surface area contributed by atoms with E-state index in [1.807, 2.05) is 0 Å². The molecule has 0 bridgehead atoms. The van der Waals surface area contributed by atoms with E-state index in [0.29, 0.717) is 16.9 Å². The molecule has 2 aromatic carbocycles. The van der Waals surface area contributed by atoms with Gasteiger partial charge in [-0.15, -0.1) is 5.10 Å². The molecule has 0 unspecified atom stereocenters. The van der Waals surface area contributed by atoms with Gasteiger partial charge in [-0.1, -0.05) is 11.3 Å². The normalized spacial score (nSPS) is 10.9. The molecule has 10 heteroatoms. The third-order valence-corrected chi connectivity index (χ3v) is 4.37. The van der Waals surface area contributed by atoms with Crippen molar-refractivity contribution >= 4 is 28.5 Å². The second kappa shape index (κ2) is 7.66. The van der Waals surface area contributed by atoms with Gasteiger partial charge in [0.15, 0.2) is 16.9 Å². The van der Waals surface area contributed by atoms with Crippen molar-refractivity contribution in [3.05, 3.63) is 76.6 Å². The molecule has 0 fully saturated rings. The number of carbonyl (C=O) groups excluding carboxylic acids is 2. The molecule has 0 radical (unpaired) electrons. The number of hydrogen-bond acceptors (Lipinski definition) is 6. The highest BCUT2D eigenvalue weighted by Crippen LogP contribution is 2.13. The summed E-state index contributed by atoms with van der Waals surface area (Å²) in [6.07, 6.45) is 1.21. The lowest BCUT2D eigenvalue weighted by molar-refractivity contribution is -0.116. The Labute approximate surface area is 168 Å². The van der Waals surface area contributed by atoms with E-state index in [4.69, 9.17) is 0 Å². The van der Waals surface area contributed by atoms with Crippen LogP contribution in [0.5, 0.6) is 0 Å². The SMILES string of the molecule is CC(=O)c1ccc(NC(=O)Cn2cnc3c(nnn3-c3cccc(F)c3)c2=O)cc1. The molecular formula is C20H15FN6O3. The molecule has 9 nitrogen and oxygen atoms in total. The van der Waals surface area contributed by atoms with Crippen LogP contribution in [0, 0.1) is 5.82 Å². The van der Waals surface area contributed by atoms with E-state index in [9.17, 15) is 18.8 Å². The van der Waals surface area contributed by atoms with Crippen molar-refractivity contribution in [3.63, 3.8) is 0 Å². The Morgan fingerprint density at radius 3 is 2.60 bits per heavy atom. The zero-order valence-electron chi connectivity index (χ0n) is 15.7. The molecule has 0 aliphatic carbocycles. The van der Waals surface area contributed by atoms with Crippen LogP contribution in [0.3, 0.4) is 0 Å². The molecule has 30 heavy (non-hydrogen) atoms. The van der Waals surface area contributed by atoms with Crippen LogP contribution < -0.4 is 10.9 Å². The number of nitrogens with zero attached hydrogens (tertiary/aromatic N) is 5.